The van der Waals surface area contributed by atoms with Crippen molar-refractivity contribution in [3.05, 3.63) is 0 Å². The van der Waals surface area contributed by atoms with Crippen LogP contribution in [-0.4, -0.2) is 84.7 Å². The maximum atomic E-state index is 12.7. The summed E-state index contributed by atoms with van der Waals surface area (Å²) in [5.41, 5.74) is 0.00260. The second kappa shape index (κ2) is 15.9. The number of alkyl carbamates (subject to hydrolysis) is 1. The summed E-state index contributed by atoms with van der Waals surface area (Å²) in [6.07, 6.45) is 5.36. The van der Waals surface area contributed by atoms with Crippen LogP contribution in [0.1, 0.15) is 91.4 Å². The summed E-state index contributed by atoms with van der Waals surface area (Å²) in [6, 6.07) is -0.113. The van der Waals surface area contributed by atoms with Crippen LogP contribution >= 0.6 is 6.49 Å². The van der Waals surface area contributed by atoms with Gasteiger partial charge in [0, 0.05) is 25.5 Å². The topological polar surface area (TPSA) is 218 Å². The Kier molecular flexibility index (Phi) is 13.0. The Morgan fingerprint density at radius 3 is 2.33 bits per heavy atom. The molecule has 0 aromatic rings. The third-order valence-electron chi connectivity index (χ3n) is 12.3. The van der Waals surface area contributed by atoms with Crippen LogP contribution in [0.4, 0.5) is 4.79 Å². The predicted molar refractivity (Wildman–Crippen MR) is 184 cm³/mol. The number of fused-ring (bicyclic) bond motifs is 5. The van der Waals surface area contributed by atoms with Crippen LogP contribution in [0.5, 0.6) is 0 Å². The summed E-state index contributed by atoms with van der Waals surface area (Å²) in [7, 11) is -4.18. The van der Waals surface area contributed by atoms with Crippen LogP contribution in [0.15, 0.2) is 0 Å². The Morgan fingerprint density at radius 2 is 1.65 bits per heavy atom. The van der Waals surface area contributed by atoms with Crippen molar-refractivity contribution in [2.45, 2.75) is 104 Å². The molecular formula is C32H54N3O11PS2. The highest BCUT2D eigenvalue weighted by Crippen LogP contribution is 2.68. The molecule has 4 rings (SSSR count). The minimum atomic E-state index is -4.18. The molecule has 0 heterocycles. The smallest absolute Gasteiger partial charge is 0.410 e. The molecular weight excluding hydrogens is 697 g/mol. The number of hydrogen-bond acceptors (Lipinski definition) is 10. The Bertz CT molecular complexity index is 1410. The van der Waals surface area contributed by atoms with Gasteiger partial charge in [0.2, 0.25) is 11.8 Å². The average molecular weight is 752 g/mol. The van der Waals surface area contributed by atoms with Crippen molar-refractivity contribution in [3.63, 3.8) is 0 Å². The van der Waals surface area contributed by atoms with Crippen LogP contribution in [0.25, 0.3) is 0 Å². The fraction of sp³-hybridized carbons (Fsp3) is 0.875. The van der Waals surface area contributed by atoms with Crippen molar-refractivity contribution in [3.8, 4) is 0 Å². The lowest BCUT2D eigenvalue weighted by Crippen LogP contribution is -2.59. The number of Topliss-reactive ketones (excluding diaryl/α,β-unsaturated/α-hetero) is 1. The molecule has 7 unspecified atom stereocenters. The van der Waals surface area contributed by atoms with Crippen molar-refractivity contribution in [2.75, 3.05) is 25.9 Å². The van der Waals surface area contributed by atoms with Crippen molar-refractivity contribution in [1.29, 1.82) is 0 Å². The molecule has 0 spiro atoms. The molecule has 3 amide bonds. The number of aliphatic hydroxyl groups excluding tert-OH is 1. The van der Waals surface area contributed by atoms with E-state index in [2.05, 4.69) is 36.7 Å². The van der Waals surface area contributed by atoms with E-state index in [9.17, 15) is 37.6 Å². The predicted octanol–water partition coefficient (Wildman–Crippen LogP) is 3.07. The van der Waals surface area contributed by atoms with Gasteiger partial charge in [-0.15, -0.1) is 0 Å². The third kappa shape index (κ3) is 10.2. The van der Waals surface area contributed by atoms with E-state index < -0.39 is 59.5 Å². The lowest BCUT2D eigenvalue weighted by atomic mass is 9.43. The van der Waals surface area contributed by atoms with Crippen molar-refractivity contribution < 1.29 is 51.4 Å². The van der Waals surface area contributed by atoms with Gasteiger partial charge in [0.05, 0.1) is 11.9 Å². The maximum Gasteiger partial charge on any atom is 0.410 e. The normalized spacial score (nSPS) is 35.8. The monoisotopic (exact) mass is 751 g/mol. The summed E-state index contributed by atoms with van der Waals surface area (Å²) in [4.78, 5) is 58.6. The second-order valence-electron chi connectivity index (χ2n) is 15.4. The van der Waals surface area contributed by atoms with Gasteiger partial charge in [0.15, 0.2) is 13.2 Å². The molecule has 0 bridgehead atoms. The van der Waals surface area contributed by atoms with Gasteiger partial charge < -0.3 is 29.9 Å². The number of nitrogens with one attached hydrogen (secondary N) is 3. The molecule has 280 valence electrons. The van der Waals surface area contributed by atoms with Crippen LogP contribution in [0.3, 0.4) is 0 Å². The highest BCUT2D eigenvalue weighted by atomic mass is 32.5. The molecule has 6 N–H and O–H groups in total. The molecule has 0 radical (unpaired) electrons. The largest absolute Gasteiger partial charge is 0.428 e. The first-order valence-electron chi connectivity index (χ1n) is 17.3. The van der Waals surface area contributed by atoms with E-state index in [1.807, 2.05) is 0 Å². The molecule has 4 aliphatic carbocycles. The first-order valence-corrected chi connectivity index (χ1v) is 22.0. The van der Waals surface area contributed by atoms with E-state index in [1.54, 1.807) is 0 Å². The molecule has 17 heteroatoms. The Balaban J connectivity index is 1.26. The minimum absolute atomic E-state index is 0.0163. The van der Waals surface area contributed by atoms with Gasteiger partial charge in [-0.25, -0.2) is 4.79 Å². The SMILES string of the molecule is C[C@@H](CC(=O)CCS(=O)(=O)O)C1CCC2C3C(O)CC4C[C@@H](NC(=O)CC(=O)NCOC(=O)NCOP(C)(O)=S)CC[C@@]4(C)C3CC[C@]21C. The Hall–Kier alpha value is -1.68. The van der Waals surface area contributed by atoms with Gasteiger partial charge in [-0.1, -0.05) is 20.8 Å². The highest BCUT2D eigenvalue weighted by molar-refractivity contribution is 8.09. The average Bonchev–Trinajstić information content (AvgIpc) is 3.33. The zero-order chi connectivity index (χ0) is 36.4. The molecule has 4 saturated carbocycles. The molecule has 11 atom stereocenters. The van der Waals surface area contributed by atoms with Gasteiger partial charge >= 0.3 is 6.09 Å². The molecule has 0 aromatic carbocycles. The molecule has 14 nitrogen and oxygen atoms in total. The summed E-state index contributed by atoms with van der Waals surface area (Å²) in [5, 5.41) is 19.3. The standard InChI is InChI=1S/C32H54N3O11PS2/c1-19(13-22(36)9-12-49(42,43)44)23-5-6-24-29-25(8-11-32(23,24)3)31(2)10-7-21(14-20(31)15-26(29)37)35-28(39)16-27(38)33-17-45-30(40)34-18-46-47(4,41)48/h19-21,23-26,29,37H,5-18H2,1-4H3,(H,33,38)(H,34,40)(H,35,39)(H,41,48)(H,42,43,44)/t19-,20?,21-,23?,24?,25?,26?,29?,31+,32-,47?/m0/s1. The fourth-order valence-corrected chi connectivity index (χ4v) is 11.1. The summed E-state index contributed by atoms with van der Waals surface area (Å²) in [5.74, 6) is -0.263. The maximum absolute atomic E-state index is 12.7. The van der Waals surface area contributed by atoms with Gasteiger partial charge in [0.1, 0.15) is 18.9 Å². The first kappa shape index (κ1) is 40.1. The number of aliphatic hydroxyl groups is 1. The molecule has 0 saturated heterocycles. The molecule has 0 aromatic heterocycles. The molecule has 4 fully saturated rings. The summed E-state index contributed by atoms with van der Waals surface area (Å²) in [6.45, 7) is 4.36. The zero-order valence-electron chi connectivity index (χ0n) is 28.9. The Morgan fingerprint density at radius 1 is 0.980 bits per heavy atom. The lowest BCUT2D eigenvalue weighted by Gasteiger charge is -2.62. The molecule has 49 heavy (non-hydrogen) atoms. The Labute approximate surface area is 294 Å². The van der Waals surface area contributed by atoms with E-state index >= 15 is 0 Å². The second-order valence-corrected chi connectivity index (χ2v) is 20.9. The zero-order valence-corrected chi connectivity index (χ0v) is 31.4. The minimum Gasteiger partial charge on any atom is -0.428 e. The van der Waals surface area contributed by atoms with Crippen LogP contribution in [0.2, 0.25) is 0 Å². The molecule has 4 aliphatic rings. The van der Waals surface area contributed by atoms with Crippen molar-refractivity contribution in [1.82, 2.24) is 16.0 Å². The number of carbonyl (C=O) groups excluding carboxylic acids is 4. The van der Waals surface area contributed by atoms with E-state index in [-0.39, 0.29) is 60.0 Å². The fourth-order valence-electron chi connectivity index (χ4n) is 10.1. The lowest BCUT2D eigenvalue weighted by molar-refractivity contribution is -0.167. The number of ketones is 1. The highest BCUT2D eigenvalue weighted by Gasteiger charge is 2.63. The van der Waals surface area contributed by atoms with Crippen molar-refractivity contribution in [2.24, 2.45) is 46.3 Å². The van der Waals surface area contributed by atoms with Gasteiger partial charge in [0.25, 0.3) is 10.1 Å². The van der Waals surface area contributed by atoms with Crippen LogP contribution in [0, 0.1) is 46.3 Å². The number of carbonyl (C=O) groups is 4. The number of rotatable bonds is 14. The first-order chi connectivity index (χ1) is 22.7. The van der Waals surface area contributed by atoms with Crippen LogP contribution < -0.4 is 16.0 Å². The van der Waals surface area contributed by atoms with E-state index in [4.69, 9.17) is 25.6 Å². The van der Waals surface area contributed by atoms with E-state index in [1.165, 1.54) is 6.66 Å². The summed E-state index contributed by atoms with van der Waals surface area (Å²) >= 11 is 4.69. The number of amides is 3. The van der Waals surface area contributed by atoms with Crippen molar-refractivity contribution >= 4 is 52.1 Å². The quantitative estimate of drug-likeness (QED) is 0.0654. The van der Waals surface area contributed by atoms with Gasteiger partial charge in [-0.2, -0.15) is 8.42 Å². The number of ether oxygens (including phenoxy) is 1. The summed E-state index contributed by atoms with van der Waals surface area (Å²) < 4.78 is 41.0. The third-order valence-corrected chi connectivity index (χ3v) is 14.0. The van der Waals surface area contributed by atoms with E-state index in [0.29, 0.717) is 24.2 Å². The van der Waals surface area contributed by atoms with Gasteiger partial charge in [-0.05, 0) is 110 Å². The van der Waals surface area contributed by atoms with Gasteiger partial charge in [-0.3, -0.25) is 24.3 Å². The van der Waals surface area contributed by atoms with E-state index in [0.717, 1.165) is 44.9 Å². The van der Waals surface area contributed by atoms with Crippen LogP contribution in [-0.2, 0) is 45.6 Å². The molecule has 0 aliphatic heterocycles. The number of hydrogen-bond donors (Lipinski definition) is 6.